The van der Waals surface area contributed by atoms with E-state index in [2.05, 4.69) is 10.1 Å². The molecule has 0 radical (unpaired) electrons. The van der Waals surface area contributed by atoms with Crippen molar-refractivity contribution in [2.75, 3.05) is 7.11 Å². The SMILES string of the molecule is COC(=O)C(NC(=O)CCC1CC1)c1ccc(OC(F)F)cc1. The molecule has 1 amide bonds. The first-order chi connectivity index (χ1) is 11.0. The molecule has 0 saturated heterocycles. The van der Waals surface area contributed by atoms with Gasteiger partial charge in [-0.15, -0.1) is 0 Å². The van der Waals surface area contributed by atoms with Crippen molar-refractivity contribution in [1.29, 1.82) is 0 Å². The number of hydrogen-bond donors (Lipinski definition) is 1. The second-order valence-electron chi connectivity index (χ2n) is 5.45. The first kappa shape index (κ1) is 17.2. The Morgan fingerprint density at radius 2 is 1.91 bits per heavy atom. The predicted octanol–water partition coefficient (Wildman–Crippen LogP) is 2.81. The molecule has 7 heteroatoms. The molecule has 0 heterocycles. The summed E-state index contributed by atoms with van der Waals surface area (Å²) in [5.74, 6) is -0.261. The molecule has 2 rings (SSSR count). The molecule has 0 bridgehead atoms. The summed E-state index contributed by atoms with van der Waals surface area (Å²) in [6, 6.07) is 4.55. The maximum absolute atomic E-state index is 12.1. The number of alkyl halides is 2. The largest absolute Gasteiger partial charge is 0.467 e. The van der Waals surface area contributed by atoms with Crippen LogP contribution in [0.15, 0.2) is 24.3 Å². The van der Waals surface area contributed by atoms with Gasteiger partial charge in [-0.1, -0.05) is 25.0 Å². The van der Waals surface area contributed by atoms with Gasteiger partial charge in [0.05, 0.1) is 7.11 Å². The van der Waals surface area contributed by atoms with E-state index < -0.39 is 18.6 Å². The van der Waals surface area contributed by atoms with E-state index >= 15 is 0 Å². The van der Waals surface area contributed by atoms with Crippen LogP contribution in [0.1, 0.15) is 37.3 Å². The lowest BCUT2D eigenvalue weighted by Gasteiger charge is -2.17. The van der Waals surface area contributed by atoms with Crippen molar-refractivity contribution < 1.29 is 27.8 Å². The van der Waals surface area contributed by atoms with E-state index in [9.17, 15) is 18.4 Å². The lowest BCUT2D eigenvalue weighted by molar-refractivity contribution is -0.145. The molecule has 1 saturated carbocycles. The number of methoxy groups -OCH3 is 1. The summed E-state index contributed by atoms with van der Waals surface area (Å²) in [4.78, 5) is 23.8. The highest BCUT2D eigenvalue weighted by Gasteiger charge is 2.26. The van der Waals surface area contributed by atoms with Crippen LogP contribution in [0.5, 0.6) is 5.75 Å². The standard InChI is InChI=1S/C16H19F2NO4/c1-22-15(21)14(19-13(20)9-4-10-2-3-10)11-5-7-12(8-6-11)23-16(17)18/h5-8,10,14,16H,2-4,9H2,1H3,(H,19,20). The van der Waals surface area contributed by atoms with Crippen molar-refractivity contribution >= 4 is 11.9 Å². The molecule has 1 unspecified atom stereocenters. The van der Waals surface area contributed by atoms with Gasteiger partial charge in [0.25, 0.3) is 0 Å². The highest BCUT2D eigenvalue weighted by atomic mass is 19.3. The quantitative estimate of drug-likeness (QED) is 0.746. The summed E-state index contributed by atoms with van der Waals surface area (Å²) in [5, 5.41) is 2.62. The molecular formula is C16H19F2NO4. The summed E-state index contributed by atoms with van der Waals surface area (Å²) < 4.78 is 33.2. The van der Waals surface area contributed by atoms with E-state index in [-0.39, 0.29) is 11.7 Å². The molecule has 1 aromatic carbocycles. The molecule has 1 aromatic rings. The molecule has 1 fully saturated rings. The average Bonchev–Trinajstić information content (AvgIpc) is 3.34. The van der Waals surface area contributed by atoms with E-state index in [1.165, 1.54) is 31.4 Å². The minimum Gasteiger partial charge on any atom is -0.467 e. The minimum absolute atomic E-state index is 0.0209. The zero-order valence-electron chi connectivity index (χ0n) is 12.8. The van der Waals surface area contributed by atoms with E-state index in [4.69, 9.17) is 4.74 Å². The highest BCUT2D eigenvalue weighted by Crippen LogP contribution is 2.33. The smallest absolute Gasteiger partial charge is 0.387 e. The lowest BCUT2D eigenvalue weighted by Crippen LogP contribution is -2.34. The van der Waals surface area contributed by atoms with Crippen LogP contribution in [0.2, 0.25) is 0 Å². The molecular weight excluding hydrogens is 308 g/mol. The number of carbonyl (C=O) groups excluding carboxylic acids is 2. The van der Waals surface area contributed by atoms with Gasteiger partial charge in [0.15, 0.2) is 6.04 Å². The van der Waals surface area contributed by atoms with Gasteiger partial charge in [0.1, 0.15) is 5.75 Å². The summed E-state index contributed by atoms with van der Waals surface area (Å²) in [5.41, 5.74) is 0.443. The summed E-state index contributed by atoms with van der Waals surface area (Å²) in [6.07, 6.45) is 3.46. The Balaban J connectivity index is 2.01. The summed E-state index contributed by atoms with van der Waals surface area (Å²) in [6.45, 7) is -2.92. The van der Waals surface area contributed by atoms with Crippen LogP contribution < -0.4 is 10.1 Å². The van der Waals surface area contributed by atoms with Gasteiger partial charge in [-0.2, -0.15) is 8.78 Å². The molecule has 1 aliphatic rings. The normalized spacial score (nSPS) is 15.1. The van der Waals surface area contributed by atoms with Crippen LogP contribution in [0.25, 0.3) is 0 Å². The molecule has 1 aliphatic carbocycles. The van der Waals surface area contributed by atoms with E-state index in [1.54, 1.807) is 0 Å². The van der Waals surface area contributed by atoms with Gasteiger partial charge in [-0.05, 0) is 30.0 Å². The van der Waals surface area contributed by atoms with Crippen LogP contribution in [0, 0.1) is 5.92 Å². The number of hydrogen-bond acceptors (Lipinski definition) is 4. The number of rotatable bonds is 8. The van der Waals surface area contributed by atoms with Gasteiger partial charge in [-0.25, -0.2) is 4.79 Å². The summed E-state index contributed by atoms with van der Waals surface area (Å²) >= 11 is 0. The number of ether oxygens (including phenoxy) is 2. The van der Waals surface area contributed by atoms with Crippen molar-refractivity contribution in [2.45, 2.75) is 38.3 Å². The molecule has 0 aliphatic heterocycles. The topological polar surface area (TPSA) is 64.6 Å². The third-order valence-electron chi connectivity index (χ3n) is 3.66. The van der Waals surface area contributed by atoms with E-state index in [1.807, 2.05) is 0 Å². The Hall–Kier alpha value is -2.18. The van der Waals surface area contributed by atoms with Crippen LogP contribution in [-0.2, 0) is 14.3 Å². The molecule has 1 N–H and O–H groups in total. The number of amides is 1. The number of carbonyl (C=O) groups is 2. The Bertz CT molecular complexity index is 544. The zero-order chi connectivity index (χ0) is 16.8. The second-order valence-corrected chi connectivity index (χ2v) is 5.45. The monoisotopic (exact) mass is 327 g/mol. The van der Waals surface area contributed by atoms with Gasteiger partial charge < -0.3 is 14.8 Å². The number of esters is 1. The fraction of sp³-hybridized carbons (Fsp3) is 0.500. The Kier molecular flexibility index (Phi) is 5.90. The van der Waals surface area contributed by atoms with Gasteiger partial charge in [0, 0.05) is 6.42 Å². The van der Waals surface area contributed by atoms with Crippen LogP contribution in [0.3, 0.4) is 0 Å². The third kappa shape index (κ3) is 5.50. The first-order valence-electron chi connectivity index (χ1n) is 7.41. The Morgan fingerprint density at radius 1 is 1.26 bits per heavy atom. The van der Waals surface area contributed by atoms with Crippen LogP contribution >= 0.6 is 0 Å². The van der Waals surface area contributed by atoms with Crippen LogP contribution in [0.4, 0.5) is 8.78 Å². The first-order valence-corrected chi connectivity index (χ1v) is 7.41. The van der Waals surface area contributed by atoms with E-state index in [0.717, 1.165) is 19.3 Å². The van der Waals surface area contributed by atoms with Crippen molar-refractivity contribution in [1.82, 2.24) is 5.32 Å². The number of nitrogens with one attached hydrogen (secondary N) is 1. The minimum atomic E-state index is -2.92. The van der Waals surface area contributed by atoms with Gasteiger partial charge in [-0.3, -0.25) is 4.79 Å². The van der Waals surface area contributed by atoms with Crippen molar-refractivity contribution in [2.24, 2.45) is 5.92 Å². The Labute approximate surface area is 133 Å². The highest BCUT2D eigenvalue weighted by molar-refractivity contribution is 5.85. The van der Waals surface area contributed by atoms with Gasteiger partial charge in [0.2, 0.25) is 5.91 Å². The maximum Gasteiger partial charge on any atom is 0.387 e. The predicted molar refractivity (Wildman–Crippen MR) is 77.9 cm³/mol. The molecule has 1 atom stereocenters. The average molecular weight is 327 g/mol. The second kappa shape index (κ2) is 7.89. The fourth-order valence-corrected chi connectivity index (χ4v) is 2.21. The number of benzene rings is 1. The maximum atomic E-state index is 12.1. The zero-order valence-corrected chi connectivity index (χ0v) is 12.8. The molecule has 126 valence electrons. The van der Waals surface area contributed by atoms with Crippen molar-refractivity contribution in [3.63, 3.8) is 0 Å². The molecule has 23 heavy (non-hydrogen) atoms. The van der Waals surface area contributed by atoms with Crippen molar-refractivity contribution in [3.05, 3.63) is 29.8 Å². The van der Waals surface area contributed by atoms with Gasteiger partial charge >= 0.3 is 12.6 Å². The molecule has 0 spiro atoms. The molecule has 5 nitrogen and oxygen atoms in total. The van der Waals surface area contributed by atoms with Crippen molar-refractivity contribution in [3.8, 4) is 5.75 Å². The lowest BCUT2D eigenvalue weighted by atomic mass is 10.1. The fourth-order valence-electron chi connectivity index (χ4n) is 2.21. The van der Waals surface area contributed by atoms with Crippen LogP contribution in [-0.4, -0.2) is 25.6 Å². The summed E-state index contributed by atoms with van der Waals surface area (Å²) in [7, 11) is 1.22. The molecule has 0 aromatic heterocycles. The van der Waals surface area contributed by atoms with E-state index in [0.29, 0.717) is 17.9 Å². The number of halogens is 2. The third-order valence-corrected chi connectivity index (χ3v) is 3.66. The Morgan fingerprint density at radius 3 is 2.43 bits per heavy atom.